The lowest BCUT2D eigenvalue weighted by atomic mass is 10.0. The molecule has 0 saturated carbocycles. The number of aliphatic carboxylic acids is 1. The first-order valence-electron chi connectivity index (χ1n) is 5.84. The zero-order valence-electron chi connectivity index (χ0n) is 10.2. The Bertz CT molecular complexity index is 278. The molecule has 1 unspecified atom stereocenters. The first kappa shape index (κ1) is 14.3. The molecule has 1 saturated heterocycles. The predicted octanol–water partition coefficient (Wildman–Crippen LogP) is 0.307. The van der Waals surface area contributed by atoms with Gasteiger partial charge in [-0.25, -0.2) is 4.79 Å². The summed E-state index contributed by atoms with van der Waals surface area (Å²) in [6.45, 7) is 4.48. The van der Waals surface area contributed by atoms with Gasteiger partial charge in [0.05, 0.1) is 0 Å². The van der Waals surface area contributed by atoms with Crippen LogP contribution < -0.4 is 10.6 Å². The summed E-state index contributed by atoms with van der Waals surface area (Å²) in [7, 11) is 0. The summed E-state index contributed by atoms with van der Waals surface area (Å²) in [6, 6.07) is -0.630. The van der Waals surface area contributed by atoms with Crippen molar-refractivity contribution >= 4 is 23.6 Å². The summed E-state index contributed by atoms with van der Waals surface area (Å²) in [5.74, 6) is 0.713. The average Bonchev–Trinajstić information content (AvgIpc) is 2.26. The molecular weight excluding hydrogens is 240 g/mol. The minimum absolute atomic E-state index is 0.106. The SMILES string of the molecule is CC(C)[C@@H](NC(=O)CC1CSCCN1)C(=O)O. The maximum absolute atomic E-state index is 11.7. The van der Waals surface area contributed by atoms with Crippen LogP contribution >= 0.6 is 11.8 Å². The van der Waals surface area contributed by atoms with E-state index in [2.05, 4.69) is 10.6 Å². The van der Waals surface area contributed by atoms with E-state index in [9.17, 15) is 9.59 Å². The van der Waals surface area contributed by atoms with Crippen LogP contribution in [-0.2, 0) is 9.59 Å². The molecule has 0 spiro atoms. The normalized spacial score (nSPS) is 22.2. The summed E-state index contributed by atoms with van der Waals surface area (Å²) in [5, 5.41) is 14.8. The van der Waals surface area contributed by atoms with Crippen molar-refractivity contribution in [3.63, 3.8) is 0 Å². The summed E-state index contributed by atoms with van der Waals surface area (Å²) < 4.78 is 0. The summed E-state index contributed by atoms with van der Waals surface area (Å²) in [5.41, 5.74) is 0. The van der Waals surface area contributed by atoms with Crippen LogP contribution in [-0.4, -0.2) is 47.1 Å². The molecule has 98 valence electrons. The zero-order chi connectivity index (χ0) is 12.8. The van der Waals surface area contributed by atoms with E-state index in [0.717, 1.165) is 18.1 Å². The van der Waals surface area contributed by atoms with Gasteiger partial charge in [-0.15, -0.1) is 0 Å². The van der Waals surface area contributed by atoms with E-state index in [1.165, 1.54) is 0 Å². The number of carboxylic acids is 1. The molecule has 1 aliphatic heterocycles. The third-order valence-electron chi connectivity index (χ3n) is 2.68. The van der Waals surface area contributed by atoms with Crippen molar-refractivity contribution in [2.24, 2.45) is 5.92 Å². The smallest absolute Gasteiger partial charge is 0.326 e. The first-order valence-corrected chi connectivity index (χ1v) is 6.99. The van der Waals surface area contributed by atoms with Crippen LogP contribution in [0.3, 0.4) is 0 Å². The number of hydrogen-bond acceptors (Lipinski definition) is 4. The summed E-state index contributed by atoms with van der Waals surface area (Å²) >= 11 is 1.82. The van der Waals surface area contributed by atoms with Gasteiger partial charge in [-0.1, -0.05) is 13.8 Å². The highest BCUT2D eigenvalue weighted by atomic mass is 32.2. The highest BCUT2D eigenvalue weighted by molar-refractivity contribution is 7.99. The Morgan fingerprint density at radius 3 is 2.71 bits per heavy atom. The molecule has 0 aromatic heterocycles. The van der Waals surface area contributed by atoms with Crippen molar-refractivity contribution in [2.75, 3.05) is 18.1 Å². The largest absolute Gasteiger partial charge is 0.480 e. The van der Waals surface area contributed by atoms with Crippen LogP contribution in [0.4, 0.5) is 0 Å². The van der Waals surface area contributed by atoms with Gasteiger partial charge in [-0.2, -0.15) is 11.8 Å². The molecular formula is C11H20N2O3S. The molecule has 1 fully saturated rings. The van der Waals surface area contributed by atoms with E-state index >= 15 is 0 Å². The molecule has 1 amide bonds. The van der Waals surface area contributed by atoms with Gasteiger partial charge in [0.1, 0.15) is 6.04 Å². The van der Waals surface area contributed by atoms with Gasteiger partial charge in [0.15, 0.2) is 0 Å². The van der Waals surface area contributed by atoms with Crippen molar-refractivity contribution < 1.29 is 14.7 Å². The average molecular weight is 260 g/mol. The van der Waals surface area contributed by atoms with Crippen molar-refractivity contribution in [2.45, 2.75) is 32.4 Å². The molecule has 17 heavy (non-hydrogen) atoms. The molecule has 0 aromatic rings. The summed E-state index contributed by atoms with van der Waals surface area (Å²) in [4.78, 5) is 22.6. The van der Waals surface area contributed by atoms with Gasteiger partial charge in [-0.05, 0) is 5.92 Å². The van der Waals surface area contributed by atoms with Gasteiger partial charge in [-0.3, -0.25) is 4.79 Å². The lowest BCUT2D eigenvalue weighted by Gasteiger charge is -2.24. The number of carboxylic acid groups (broad SMARTS) is 1. The number of amides is 1. The van der Waals surface area contributed by atoms with Crippen LogP contribution in [0.15, 0.2) is 0 Å². The van der Waals surface area contributed by atoms with Crippen LogP contribution in [0, 0.1) is 5.92 Å². The van der Waals surface area contributed by atoms with Gasteiger partial charge in [0.2, 0.25) is 5.91 Å². The van der Waals surface area contributed by atoms with E-state index in [4.69, 9.17) is 5.11 Å². The second-order valence-corrected chi connectivity index (χ2v) is 5.71. The van der Waals surface area contributed by atoms with E-state index in [0.29, 0.717) is 6.42 Å². The lowest BCUT2D eigenvalue weighted by molar-refractivity contribution is -0.143. The molecule has 5 nitrogen and oxygen atoms in total. The van der Waals surface area contributed by atoms with Gasteiger partial charge in [0, 0.05) is 30.5 Å². The Balaban J connectivity index is 2.38. The fourth-order valence-corrected chi connectivity index (χ4v) is 2.67. The maximum Gasteiger partial charge on any atom is 0.326 e. The highest BCUT2D eigenvalue weighted by Crippen LogP contribution is 2.10. The molecule has 0 bridgehead atoms. The Hall–Kier alpha value is -0.750. The van der Waals surface area contributed by atoms with Crippen LogP contribution in [0.1, 0.15) is 20.3 Å². The number of rotatable bonds is 5. The van der Waals surface area contributed by atoms with Crippen LogP contribution in [0.2, 0.25) is 0 Å². The summed E-state index contributed by atoms with van der Waals surface area (Å²) in [6.07, 6.45) is 0.351. The monoisotopic (exact) mass is 260 g/mol. The van der Waals surface area contributed by atoms with E-state index < -0.39 is 12.0 Å². The van der Waals surface area contributed by atoms with E-state index in [1.54, 1.807) is 13.8 Å². The molecule has 1 aliphatic rings. The van der Waals surface area contributed by atoms with Gasteiger partial charge >= 0.3 is 5.97 Å². The van der Waals surface area contributed by atoms with E-state index in [-0.39, 0.29) is 17.9 Å². The first-order chi connectivity index (χ1) is 8.00. The zero-order valence-corrected chi connectivity index (χ0v) is 11.0. The predicted molar refractivity (Wildman–Crippen MR) is 68.1 cm³/mol. The van der Waals surface area contributed by atoms with Crippen LogP contribution in [0.25, 0.3) is 0 Å². The van der Waals surface area contributed by atoms with Gasteiger partial charge in [0.25, 0.3) is 0 Å². The highest BCUT2D eigenvalue weighted by Gasteiger charge is 2.25. The number of hydrogen-bond donors (Lipinski definition) is 3. The Labute approximate surface area is 106 Å². The topological polar surface area (TPSA) is 78.4 Å². The van der Waals surface area contributed by atoms with Crippen molar-refractivity contribution in [3.8, 4) is 0 Å². The van der Waals surface area contributed by atoms with Gasteiger partial charge < -0.3 is 15.7 Å². The van der Waals surface area contributed by atoms with Crippen molar-refractivity contribution in [1.29, 1.82) is 0 Å². The number of carbonyl (C=O) groups excluding carboxylic acids is 1. The third-order valence-corrected chi connectivity index (χ3v) is 3.81. The molecule has 6 heteroatoms. The number of carbonyl (C=O) groups is 2. The molecule has 3 N–H and O–H groups in total. The fraction of sp³-hybridized carbons (Fsp3) is 0.818. The fourth-order valence-electron chi connectivity index (χ4n) is 1.72. The molecule has 0 aromatic carbocycles. The maximum atomic E-state index is 11.7. The number of thioether (sulfide) groups is 1. The molecule has 0 aliphatic carbocycles. The molecule has 1 rings (SSSR count). The lowest BCUT2D eigenvalue weighted by Crippen LogP contribution is -2.47. The standard InChI is InChI=1S/C11H20N2O3S/c1-7(2)10(11(15)16)13-9(14)5-8-6-17-4-3-12-8/h7-8,10,12H,3-6H2,1-2H3,(H,13,14)(H,15,16)/t8?,10-/m1/s1. The van der Waals surface area contributed by atoms with Crippen molar-refractivity contribution in [3.05, 3.63) is 0 Å². The second-order valence-electron chi connectivity index (χ2n) is 4.56. The third kappa shape index (κ3) is 4.95. The second kappa shape index (κ2) is 6.86. The number of nitrogens with one attached hydrogen (secondary N) is 2. The minimum atomic E-state index is -0.973. The molecule has 1 heterocycles. The van der Waals surface area contributed by atoms with Crippen molar-refractivity contribution in [1.82, 2.24) is 10.6 Å². The Kier molecular flexibility index (Phi) is 5.77. The quantitative estimate of drug-likeness (QED) is 0.663. The minimum Gasteiger partial charge on any atom is -0.480 e. The Morgan fingerprint density at radius 2 is 2.24 bits per heavy atom. The Morgan fingerprint density at radius 1 is 1.53 bits per heavy atom. The van der Waals surface area contributed by atoms with Crippen LogP contribution in [0.5, 0.6) is 0 Å². The molecule has 2 atom stereocenters. The molecule has 0 radical (unpaired) electrons. The van der Waals surface area contributed by atoms with E-state index in [1.807, 2.05) is 11.8 Å².